The van der Waals surface area contributed by atoms with Crippen LogP contribution >= 0.6 is 0 Å². The van der Waals surface area contributed by atoms with Crippen molar-refractivity contribution in [3.8, 4) is 11.4 Å². The molecule has 3 aromatic carbocycles. The molecule has 0 bridgehead atoms. The van der Waals surface area contributed by atoms with Crippen LogP contribution in [0.1, 0.15) is 12.5 Å². The molecule has 4 aromatic rings. The number of fused-ring (bicyclic) bond motifs is 1. The third-order valence-electron chi connectivity index (χ3n) is 4.45. The lowest BCUT2D eigenvalue weighted by atomic mass is 10.1. The Morgan fingerprint density at radius 1 is 0.897 bits per heavy atom. The Labute approximate surface area is 168 Å². The number of hydrogen-bond acceptors (Lipinski definition) is 3. The van der Waals surface area contributed by atoms with Gasteiger partial charge in [0.15, 0.2) is 0 Å². The number of benzene rings is 3. The first-order valence-electron chi connectivity index (χ1n) is 9.28. The van der Waals surface area contributed by atoms with E-state index in [0.717, 1.165) is 28.0 Å². The zero-order chi connectivity index (χ0) is 20.2. The van der Waals surface area contributed by atoms with Crippen LogP contribution in [-0.4, -0.2) is 21.8 Å². The van der Waals surface area contributed by atoms with Gasteiger partial charge in [0.25, 0.3) is 0 Å². The Bertz CT molecular complexity index is 1150. The van der Waals surface area contributed by atoms with Crippen LogP contribution in [0.15, 0.2) is 72.8 Å². The van der Waals surface area contributed by atoms with E-state index in [2.05, 4.69) is 20.6 Å². The molecule has 2 amide bonds. The van der Waals surface area contributed by atoms with Crippen molar-refractivity contribution in [2.75, 3.05) is 10.6 Å². The standard InChI is InChI=1S/C23H20N4O2/c1-15(28)24-18-11-9-16(10-12-18)13-22(29)25-19-6-4-5-17(14-19)23-26-20-7-2-3-8-21(20)27-23/h2-12,14H,13H2,1H3,(H,24,28)(H,25,29)(H,26,27). The maximum Gasteiger partial charge on any atom is 0.228 e. The molecule has 0 unspecified atom stereocenters. The summed E-state index contributed by atoms with van der Waals surface area (Å²) in [7, 11) is 0. The third kappa shape index (κ3) is 4.50. The van der Waals surface area contributed by atoms with Crippen LogP contribution < -0.4 is 10.6 Å². The predicted molar refractivity (Wildman–Crippen MR) is 115 cm³/mol. The van der Waals surface area contributed by atoms with Crippen molar-refractivity contribution in [1.29, 1.82) is 0 Å². The number of H-pyrrole nitrogens is 1. The first-order valence-corrected chi connectivity index (χ1v) is 9.28. The highest BCUT2D eigenvalue weighted by Crippen LogP contribution is 2.23. The van der Waals surface area contributed by atoms with Crippen molar-refractivity contribution in [2.24, 2.45) is 0 Å². The van der Waals surface area contributed by atoms with E-state index in [4.69, 9.17) is 0 Å². The zero-order valence-corrected chi connectivity index (χ0v) is 15.9. The Morgan fingerprint density at radius 3 is 2.45 bits per heavy atom. The van der Waals surface area contributed by atoms with Crippen molar-refractivity contribution < 1.29 is 9.59 Å². The molecule has 4 rings (SSSR count). The van der Waals surface area contributed by atoms with Gasteiger partial charge in [0, 0.05) is 23.9 Å². The van der Waals surface area contributed by atoms with Gasteiger partial charge in [0.05, 0.1) is 17.5 Å². The van der Waals surface area contributed by atoms with Gasteiger partial charge in [-0.15, -0.1) is 0 Å². The van der Waals surface area contributed by atoms with Gasteiger partial charge in [0.2, 0.25) is 11.8 Å². The van der Waals surface area contributed by atoms with Crippen LogP contribution in [-0.2, 0) is 16.0 Å². The molecule has 0 saturated carbocycles. The van der Waals surface area contributed by atoms with E-state index in [0.29, 0.717) is 11.4 Å². The van der Waals surface area contributed by atoms with E-state index >= 15 is 0 Å². The van der Waals surface area contributed by atoms with Crippen molar-refractivity contribution in [2.45, 2.75) is 13.3 Å². The average molecular weight is 384 g/mol. The maximum atomic E-state index is 12.4. The molecule has 6 nitrogen and oxygen atoms in total. The highest BCUT2D eigenvalue weighted by molar-refractivity contribution is 5.93. The van der Waals surface area contributed by atoms with Crippen LogP contribution in [0.3, 0.4) is 0 Å². The van der Waals surface area contributed by atoms with Gasteiger partial charge in [-0.05, 0) is 42.0 Å². The molecule has 0 aliphatic heterocycles. The number of carbonyl (C=O) groups excluding carboxylic acids is 2. The summed E-state index contributed by atoms with van der Waals surface area (Å²) < 4.78 is 0. The first kappa shape index (κ1) is 18.4. The lowest BCUT2D eigenvalue weighted by Gasteiger charge is -2.08. The largest absolute Gasteiger partial charge is 0.338 e. The minimum absolute atomic E-state index is 0.112. The molecule has 0 fully saturated rings. The SMILES string of the molecule is CC(=O)Nc1ccc(CC(=O)Nc2cccc(-c3nc4ccccc4[nH]3)c2)cc1. The Hall–Kier alpha value is -3.93. The van der Waals surface area contributed by atoms with Crippen molar-refractivity contribution in [1.82, 2.24) is 9.97 Å². The second-order valence-corrected chi connectivity index (χ2v) is 6.79. The normalized spacial score (nSPS) is 10.7. The Kier molecular flexibility index (Phi) is 5.07. The summed E-state index contributed by atoms with van der Waals surface area (Å²) in [6.45, 7) is 1.46. The minimum atomic E-state index is -0.125. The first-order chi connectivity index (χ1) is 14.1. The van der Waals surface area contributed by atoms with Crippen LogP contribution in [0, 0.1) is 0 Å². The number of carbonyl (C=O) groups is 2. The highest BCUT2D eigenvalue weighted by atomic mass is 16.2. The second-order valence-electron chi connectivity index (χ2n) is 6.79. The van der Waals surface area contributed by atoms with E-state index in [1.165, 1.54) is 6.92 Å². The van der Waals surface area contributed by atoms with Gasteiger partial charge in [0.1, 0.15) is 5.82 Å². The lowest BCUT2D eigenvalue weighted by Crippen LogP contribution is -2.14. The molecular weight excluding hydrogens is 364 g/mol. The van der Waals surface area contributed by atoms with Gasteiger partial charge in [-0.1, -0.05) is 36.4 Å². The van der Waals surface area contributed by atoms with E-state index in [-0.39, 0.29) is 18.2 Å². The number of amides is 2. The number of anilines is 2. The Morgan fingerprint density at radius 2 is 1.69 bits per heavy atom. The molecular formula is C23H20N4O2. The number of nitrogens with one attached hydrogen (secondary N) is 3. The van der Waals surface area contributed by atoms with E-state index in [1.807, 2.05) is 60.7 Å². The number of hydrogen-bond donors (Lipinski definition) is 3. The number of para-hydroxylation sites is 2. The summed E-state index contributed by atoms with van der Waals surface area (Å²) in [6.07, 6.45) is 0.245. The number of aromatic amines is 1. The molecule has 1 heterocycles. The lowest BCUT2D eigenvalue weighted by molar-refractivity contribution is -0.116. The molecule has 29 heavy (non-hydrogen) atoms. The second kappa shape index (κ2) is 7.98. The summed E-state index contributed by atoms with van der Waals surface area (Å²) in [5, 5.41) is 5.64. The van der Waals surface area contributed by atoms with E-state index < -0.39 is 0 Å². The van der Waals surface area contributed by atoms with Crippen LogP contribution in [0.25, 0.3) is 22.4 Å². The van der Waals surface area contributed by atoms with Crippen LogP contribution in [0.4, 0.5) is 11.4 Å². The third-order valence-corrected chi connectivity index (χ3v) is 4.45. The van der Waals surface area contributed by atoms with E-state index in [9.17, 15) is 9.59 Å². The fourth-order valence-electron chi connectivity index (χ4n) is 3.13. The summed E-state index contributed by atoms with van der Waals surface area (Å²) in [5.41, 5.74) is 5.06. The summed E-state index contributed by atoms with van der Waals surface area (Å²) in [4.78, 5) is 31.4. The molecule has 0 spiro atoms. The molecule has 144 valence electrons. The summed E-state index contributed by atoms with van der Waals surface area (Å²) in [5.74, 6) is 0.523. The van der Waals surface area contributed by atoms with Crippen molar-refractivity contribution in [3.05, 3.63) is 78.4 Å². The van der Waals surface area contributed by atoms with Crippen molar-refractivity contribution >= 4 is 34.2 Å². The molecule has 0 radical (unpaired) electrons. The van der Waals surface area contributed by atoms with E-state index in [1.54, 1.807) is 12.1 Å². The van der Waals surface area contributed by atoms with Crippen molar-refractivity contribution in [3.63, 3.8) is 0 Å². The van der Waals surface area contributed by atoms with Gasteiger partial charge < -0.3 is 15.6 Å². The predicted octanol–water partition coefficient (Wildman–Crippen LogP) is 4.37. The quantitative estimate of drug-likeness (QED) is 0.477. The summed E-state index contributed by atoms with van der Waals surface area (Å²) >= 11 is 0. The van der Waals surface area contributed by atoms with Gasteiger partial charge in [-0.3, -0.25) is 9.59 Å². The minimum Gasteiger partial charge on any atom is -0.338 e. The monoisotopic (exact) mass is 384 g/mol. The van der Waals surface area contributed by atoms with Gasteiger partial charge >= 0.3 is 0 Å². The summed E-state index contributed by atoms with van der Waals surface area (Å²) in [6, 6.07) is 22.7. The fraction of sp³-hybridized carbons (Fsp3) is 0.0870. The average Bonchev–Trinajstić information content (AvgIpc) is 3.14. The molecule has 6 heteroatoms. The maximum absolute atomic E-state index is 12.4. The van der Waals surface area contributed by atoms with Crippen LogP contribution in [0.2, 0.25) is 0 Å². The molecule has 0 saturated heterocycles. The number of aromatic nitrogens is 2. The molecule has 0 atom stereocenters. The highest BCUT2D eigenvalue weighted by Gasteiger charge is 2.08. The topological polar surface area (TPSA) is 86.9 Å². The van der Waals surface area contributed by atoms with Gasteiger partial charge in [-0.25, -0.2) is 4.98 Å². The fourth-order valence-corrected chi connectivity index (χ4v) is 3.13. The number of nitrogens with zero attached hydrogens (tertiary/aromatic N) is 1. The van der Waals surface area contributed by atoms with Crippen LogP contribution in [0.5, 0.6) is 0 Å². The molecule has 0 aliphatic rings. The molecule has 3 N–H and O–H groups in total. The molecule has 0 aliphatic carbocycles. The number of imidazole rings is 1. The smallest absolute Gasteiger partial charge is 0.228 e. The Balaban J connectivity index is 1.44. The van der Waals surface area contributed by atoms with Gasteiger partial charge in [-0.2, -0.15) is 0 Å². The molecule has 1 aromatic heterocycles. The zero-order valence-electron chi connectivity index (χ0n) is 15.9. The number of rotatable bonds is 5.